The van der Waals surface area contributed by atoms with Gasteiger partial charge in [0.25, 0.3) is 0 Å². The number of aromatic nitrogens is 4. The molecule has 0 aliphatic rings. The van der Waals surface area contributed by atoms with Gasteiger partial charge in [-0.2, -0.15) is 0 Å². The summed E-state index contributed by atoms with van der Waals surface area (Å²) in [6, 6.07) is 13.9. The van der Waals surface area contributed by atoms with Crippen LogP contribution in [0.15, 0.2) is 73.3 Å². The second-order valence-electron chi connectivity index (χ2n) is 6.31. The van der Waals surface area contributed by atoms with Crippen molar-refractivity contribution in [1.29, 1.82) is 0 Å². The summed E-state index contributed by atoms with van der Waals surface area (Å²) in [5.41, 5.74) is 2.88. The molecule has 4 nitrogen and oxygen atoms in total. The molecule has 0 spiro atoms. The predicted molar refractivity (Wildman–Crippen MR) is 108 cm³/mol. The van der Waals surface area contributed by atoms with Crippen molar-refractivity contribution in [3.63, 3.8) is 0 Å². The summed E-state index contributed by atoms with van der Waals surface area (Å²) in [5.74, 6) is -0.395. The monoisotopic (exact) mass is 386 g/mol. The Labute approximate surface area is 164 Å². The number of benzene rings is 1. The molecule has 134 valence electrons. The highest BCUT2D eigenvalue weighted by Gasteiger charge is 2.15. The summed E-state index contributed by atoms with van der Waals surface area (Å²) < 4.78 is 14.5. The Balaban J connectivity index is 1.87. The van der Waals surface area contributed by atoms with Crippen molar-refractivity contribution in [2.75, 3.05) is 0 Å². The number of halogens is 2. The van der Waals surface area contributed by atoms with Crippen LogP contribution in [0.3, 0.4) is 0 Å². The van der Waals surface area contributed by atoms with E-state index in [9.17, 15) is 4.39 Å². The lowest BCUT2D eigenvalue weighted by atomic mass is 10.00. The number of hydrogen-bond donors (Lipinski definition) is 0. The van der Waals surface area contributed by atoms with Gasteiger partial charge in [0.15, 0.2) is 5.65 Å². The van der Waals surface area contributed by atoms with E-state index in [-0.39, 0.29) is 0 Å². The fourth-order valence-electron chi connectivity index (χ4n) is 3.32. The molecule has 4 aromatic heterocycles. The molecule has 0 fully saturated rings. The third-order valence-electron chi connectivity index (χ3n) is 4.61. The molecule has 0 amide bonds. The fraction of sp³-hybridized carbons (Fsp3) is 0. The van der Waals surface area contributed by atoms with Gasteiger partial charge in [0.05, 0.1) is 11.4 Å². The normalized spacial score (nSPS) is 11.2. The first-order valence-electron chi connectivity index (χ1n) is 8.61. The van der Waals surface area contributed by atoms with Gasteiger partial charge < -0.3 is 0 Å². The smallest absolute Gasteiger partial charge is 0.160 e. The van der Waals surface area contributed by atoms with E-state index in [1.54, 1.807) is 30.9 Å². The van der Waals surface area contributed by atoms with Gasteiger partial charge in [0.1, 0.15) is 5.82 Å². The van der Waals surface area contributed by atoms with Crippen LogP contribution in [0.1, 0.15) is 0 Å². The number of fused-ring (bicyclic) bond motifs is 2. The van der Waals surface area contributed by atoms with Crippen LogP contribution in [-0.2, 0) is 0 Å². The van der Waals surface area contributed by atoms with Crippen LogP contribution in [0.5, 0.6) is 0 Å². The largest absolute Gasteiger partial charge is 0.264 e. The van der Waals surface area contributed by atoms with Gasteiger partial charge >= 0.3 is 0 Å². The quantitative estimate of drug-likeness (QED) is 0.390. The van der Waals surface area contributed by atoms with Gasteiger partial charge in [-0.25, -0.2) is 14.4 Å². The van der Waals surface area contributed by atoms with Crippen molar-refractivity contribution in [1.82, 2.24) is 19.9 Å². The van der Waals surface area contributed by atoms with Crippen LogP contribution in [0.25, 0.3) is 44.3 Å². The Kier molecular flexibility index (Phi) is 3.95. The molecule has 0 aliphatic heterocycles. The number of nitrogens with zero attached hydrogens (tertiary/aromatic N) is 4. The lowest BCUT2D eigenvalue weighted by Crippen LogP contribution is -1.95. The molecule has 0 radical (unpaired) electrons. The summed E-state index contributed by atoms with van der Waals surface area (Å²) >= 11 is 6.09. The maximum Gasteiger partial charge on any atom is 0.160 e. The van der Waals surface area contributed by atoms with Crippen LogP contribution in [-0.4, -0.2) is 19.9 Å². The van der Waals surface area contributed by atoms with Gasteiger partial charge in [-0.1, -0.05) is 11.6 Å². The van der Waals surface area contributed by atoms with Gasteiger partial charge in [0.2, 0.25) is 0 Å². The Morgan fingerprint density at radius 1 is 0.821 bits per heavy atom. The van der Waals surface area contributed by atoms with Gasteiger partial charge in [0, 0.05) is 57.1 Å². The second-order valence-corrected chi connectivity index (χ2v) is 6.75. The van der Waals surface area contributed by atoms with Crippen LogP contribution in [0, 0.1) is 5.82 Å². The molecule has 0 atom stereocenters. The molecule has 4 heterocycles. The molecule has 28 heavy (non-hydrogen) atoms. The van der Waals surface area contributed by atoms with Crippen molar-refractivity contribution in [3.8, 4) is 22.5 Å². The van der Waals surface area contributed by atoms with E-state index in [1.165, 1.54) is 12.1 Å². The molecule has 0 saturated heterocycles. The van der Waals surface area contributed by atoms with Gasteiger partial charge in [-0.3, -0.25) is 9.97 Å². The summed E-state index contributed by atoms with van der Waals surface area (Å²) in [5, 5.41) is 3.20. The van der Waals surface area contributed by atoms with E-state index in [0.717, 1.165) is 27.4 Å². The van der Waals surface area contributed by atoms with Gasteiger partial charge in [-0.15, -0.1) is 0 Å². The summed E-state index contributed by atoms with van der Waals surface area (Å²) in [7, 11) is 0. The average molecular weight is 387 g/mol. The first-order valence-corrected chi connectivity index (χ1v) is 8.99. The lowest BCUT2D eigenvalue weighted by Gasteiger charge is -2.11. The van der Waals surface area contributed by atoms with E-state index in [1.807, 2.05) is 30.3 Å². The standard InChI is InChI=1S/C22H12ClFN4/c23-14-3-4-19(24)18(10-14)20-11-17(16-2-1-7-27-22(16)28-20)21-15-6-8-25-12-13(15)5-9-26-21/h1-12H. The van der Waals surface area contributed by atoms with Crippen LogP contribution in [0.4, 0.5) is 4.39 Å². The minimum atomic E-state index is -0.395. The minimum absolute atomic E-state index is 0.322. The Bertz CT molecular complexity index is 1350. The highest BCUT2D eigenvalue weighted by atomic mass is 35.5. The summed E-state index contributed by atoms with van der Waals surface area (Å²) in [6.07, 6.45) is 6.92. The SMILES string of the molecule is Fc1ccc(Cl)cc1-c1cc(-c2nccc3cnccc23)c2cccnc2n1. The van der Waals surface area contributed by atoms with Crippen molar-refractivity contribution < 1.29 is 4.39 Å². The molecule has 0 unspecified atom stereocenters. The van der Waals surface area contributed by atoms with Crippen LogP contribution < -0.4 is 0 Å². The molecule has 0 bridgehead atoms. The fourth-order valence-corrected chi connectivity index (χ4v) is 3.49. The molecule has 1 aromatic carbocycles. The van der Waals surface area contributed by atoms with Crippen molar-refractivity contribution in [2.45, 2.75) is 0 Å². The third-order valence-corrected chi connectivity index (χ3v) is 4.84. The molecule has 0 aliphatic carbocycles. The van der Waals surface area contributed by atoms with Crippen molar-refractivity contribution in [2.24, 2.45) is 0 Å². The van der Waals surface area contributed by atoms with E-state index in [0.29, 0.717) is 21.9 Å². The molecular formula is C22H12ClFN4. The molecule has 0 saturated carbocycles. The zero-order valence-electron chi connectivity index (χ0n) is 14.5. The van der Waals surface area contributed by atoms with Gasteiger partial charge in [-0.05, 0) is 48.5 Å². The number of hydrogen-bond acceptors (Lipinski definition) is 4. The predicted octanol–water partition coefficient (Wildman–Crippen LogP) is 5.70. The maximum absolute atomic E-state index is 14.5. The zero-order valence-corrected chi connectivity index (χ0v) is 15.2. The molecule has 0 N–H and O–H groups in total. The summed E-state index contributed by atoms with van der Waals surface area (Å²) in [6.45, 7) is 0. The molecule has 5 aromatic rings. The Morgan fingerprint density at radius 3 is 2.68 bits per heavy atom. The van der Waals surface area contributed by atoms with Crippen molar-refractivity contribution >= 4 is 33.4 Å². The molecule has 6 heteroatoms. The molecular weight excluding hydrogens is 375 g/mol. The zero-order chi connectivity index (χ0) is 19.1. The van der Waals surface area contributed by atoms with E-state index < -0.39 is 5.82 Å². The molecule has 5 rings (SSSR count). The third kappa shape index (κ3) is 2.77. The first-order chi connectivity index (χ1) is 13.7. The summed E-state index contributed by atoms with van der Waals surface area (Å²) in [4.78, 5) is 17.7. The van der Waals surface area contributed by atoms with Crippen LogP contribution >= 0.6 is 11.6 Å². The number of rotatable bonds is 2. The lowest BCUT2D eigenvalue weighted by molar-refractivity contribution is 0.631. The number of pyridine rings is 4. The first kappa shape index (κ1) is 16.7. The van der Waals surface area contributed by atoms with Crippen molar-refractivity contribution in [3.05, 3.63) is 84.2 Å². The van der Waals surface area contributed by atoms with E-state index in [2.05, 4.69) is 19.9 Å². The average Bonchev–Trinajstić information content (AvgIpc) is 2.74. The van der Waals surface area contributed by atoms with E-state index in [4.69, 9.17) is 11.6 Å². The Morgan fingerprint density at radius 2 is 1.75 bits per heavy atom. The van der Waals surface area contributed by atoms with Crippen LogP contribution in [0.2, 0.25) is 5.02 Å². The van der Waals surface area contributed by atoms with E-state index >= 15 is 0 Å². The highest BCUT2D eigenvalue weighted by molar-refractivity contribution is 6.30. The second kappa shape index (κ2) is 6.62. The highest BCUT2D eigenvalue weighted by Crippen LogP contribution is 2.35. The maximum atomic E-state index is 14.5. The Hall–Kier alpha value is -3.44. The minimum Gasteiger partial charge on any atom is -0.264 e. The topological polar surface area (TPSA) is 51.6 Å².